The maximum atomic E-state index is 12.3. The minimum Gasteiger partial charge on any atom is -0.497 e. The van der Waals surface area contributed by atoms with Crippen LogP contribution < -0.4 is 10.5 Å². The molecule has 4 rings (SSSR count). The van der Waals surface area contributed by atoms with Gasteiger partial charge in [0.2, 0.25) is 12.3 Å². The van der Waals surface area contributed by atoms with E-state index < -0.39 is 5.76 Å². The minimum absolute atomic E-state index is 0.00967. The van der Waals surface area contributed by atoms with E-state index in [1.807, 2.05) is 42.8 Å². The van der Waals surface area contributed by atoms with Gasteiger partial charge in [0.1, 0.15) is 18.6 Å². The van der Waals surface area contributed by atoms with E-state index in [0.29, 0.717) is 18.1 Å². The van der Waals surface area contributed by atoms with Gasteiger partial charge in [0.05, 0.1) is 25.2 Å². The number of nitrogens with zero attached hydrogens (tertiary/aromatic N) is 6. The summed E-state index contributed by atoms with van der Waals surface area (Å²) in [6, 6.07) is 7.94. The average molecular weight is 424 g/mol. The van der Waals surface area contributed by atoms with Crippen LogP contribution in [0.25, 0.3) is 0 Å². The Morgan fingerprint density at radius 2 is 2.06 bits per heavy atom. The van der Waals surface area contributed by atoms with E-state index in [4.69, 9.17) is 9.15 Å². The van der Waals surface area contributed by atoms with E-state index in [2.05, 4.69) is 15.1 Å². The van der Waals surface area contributed by atoms with E-state index in [0.717, 1.165) is 24.3 Å². The molecule has 1 aliphatic carbocycles. The van der Waals surface area contributed by atoms with E-state index in [9.17, 15) is 9.59 Å². The lowest BCUT2D eigenvalue weighted by Crippen LogP contribution is -2.31. The van der Waals surface area contributed by atoms with E-state index in [1.165, 1.54) is 21.5 Å². The number of methoxy groups -OCH3 is 1. The zero-order valence-corrected chi connectivity index (χ0v) is 17.6. The van der Waals surface area contributed by atoms with Crippen molar-refractivity contribution in [1.29, 1.82) is 0 Å². The highest BCUT2D eigenvalue weighted by Crippen LogP contribution is 2.44. The molecule has 1 aliphatic rings. The molecule has 0 bridgehead atoms. The molecule has 1 saturated carbocycles. The second kappa shape index (κ2) is 8.58. The Labute approximate surface area is 178 Å². The lowest BCUT2D eigenvalue weighted by molar-refractivity contribution is -0.115. The fraction of sp³-hybridized carbons (Fsp3) is 0.381. The monoisotopic (exact) mass is 424 g/mol. The summed E-state index contributed by atoms with van der Waals surface area (Å²) in [5, 5.41) is 4.29. The van der Waals surface area contributed by atoms with Crippen molar-refractivity contribution < 1.29 is 13.9 Å². The highest BCUT2D eigenvalue weighted by molar-refractivity contribution is 5.74. The Hall–Kier alpha value is -3.69. The van der Waals surface area contributed by atoms with Crippen molar-refractivity contribution in [3.63, 3.8) is 0 Å². The van der Waals surface area contributed by atoms with Crippen molar-refractivity contribution in [3.05, 3.63) is 58.3 Å². The SMILES string of the molecule is COc1ccc(C2CC(n3nc(CN(C=O)C=Nc4ncn(C)c4C)oc3=O)C2)cc1. The second-order valence-electron chi connectivity index (χ2n) is 7.59. The molecule has 0 N–H and O–H groups in total. The Balaban J connectivity index is 1.39. The van der Waals surface area contributed by atoms with Crippen LogP contribution in [0.1, 0.15) is 41.9 Å². The minimum atomic E-state index is -0.517. The molecule has 162 valence electrons. The predicted molar refractivity (Wildman–Crippen MR) is 112 cm³/mol. The Morgan fingerprint density at radius 3 is 2.68 bits per heavy atom. The number of aryl methyl sites for hydroxylation is 1. The molecular formula is C21H24N6O4. The molecule has 3 aromatic rings. The van der Waals surface area contributed by atoms with Gasteiger partial charge < -0.3 is 13.7 Å². The number of aromatic nitrogens is 4. The molecule has 0 spiro atoms. The van der Waals surface area contributed by atoms with Gasteiger partial charge in [-0.25, -0.2) is 14.8 Å². The largest absolute Gasteiger partial charge is 0.497 e. The fourth-order valence-corrected chi connectivity index (χ4v) is 3.56. The summed E-state index contributed by atoms with van der Waals surface area (Å²) < 4.78 is 13.6. The summed E-state index contributed by atoms with van der Waals surface area (Å²) in [5.41, 5.74) is 2.08. The molecule has 31 heavy (non-hydrogen) atoms. The fourth-order valence-electron chi connectivity index (χ4n) is 3.56. The number of hydrogen-bond donors (Lipinski definition) is 0. The summed E-state index contributed by atoms with van der Waals surface area (Å²) in [5.74, 6) is 1.34. The summed E-state index contributed by atoms with van der Waals surface area (Å²) in [6.45, 7) is 1.89. The summed E-state index contributed by atoms with van der Waals surface area (Å²) in [4.78, 5) is 33.3. The second-order valence-corrected chi connectivity index (χ2v) is 7.59. The molecule has 1 aromatic carbocycles. The number of imidazole rings is 1. The number of ether oxygens (including phenoxy) is 1. The molecule has 0 aliphatic heterocycles. The van der Waals surface area contributed by atoms with Gasteiger partial charge in [-0.15, -0.1) is 5.10 Å². The third-order valence-corrected chi connectivity index (χ3v) is 5.65. The number of amides is 1. The first-order chi connectivity index (χ1) is 15.0. The van der Waals surface area contributed by atoms with Crippen LogP contribution in [0.5, 0.6) is 5.75 Å². The van der Waals surface area contributed by atoms with E-state index in [-0.39, 0.29) is 18.5 Å². The van der Waals surface area contributed by atoms with Gasteiger partial charge in [-0.2, -0.15) is 4.68 Å². The normalized spacial score (nSPS) is 18.2. The third-order valence-electron chi connectivity index (χ3n) is 5.65. The molecule has 1 fully saturated rings. The first kappa shape index (κ1) is 20.6. The van der Waals surface area contributed by atoms with Crippen molar-refractivity contribution in [1.82, 2.24) is 24.2 Å². The topological polar surface area (TPSA) is 108 Å². The first-order valence-corrected chi connectivity index (χ1v) is 9.94. The molecule has 2 aromatic heterocycles. The quantitative estimate of drug-likeness (QED) is 0.312. The number of benzene rings is 1. The number of carbonyl (C=O) groups is 1. The third kappa shape index (κ3) is 4.27. The number of rotatable bonds is 8. The maximum absolute atomic E-state index is 12.3. The van der Waals surface area contributed by atoms with Gasteiger partial charge in [-0.05, 0) is 43.4 Å². The molecule has 2 heterocycles. The number of aliphatic imine (C=N–C) groups is 1. The van der Waals surface area contributed by atoms with Crippen LogP contribution in [-0.2, 0) is 18.4 Å². The summed E-state index contributed by atoms with van der Waals surface area (Å²) in [7, 11) is 3.50. The van der Waals surface area contributed by atoms with Crippen molar-refractivity contribution in [2.45, 2.75) is 38.3 Å². The lowest BCUT2D eigenvalue weighted by atomic mass is 9.76. The number of carbonyl (C=O) groups excluding carboxylic acids is 1. The van der Waals surface area contributed by atoms with Crippen LogP contribution >= 0.6 is 0 Å². The van der Waals surface area contributed by atoms with Crippen LogP contribution in [0.15, 0.2) is 44.8 Å². The Bertz CT molecular complexity index is 1140. The first-order valence-electron chi connectivity index (χ1n) is 9.94. The van der Waals surface area contributed by atoms with Crippen molar-refractivity contribution in [2.75, 3.05) is 7.11 Å². The van der Waals surface area contributed by atoms with Gasteiger partial charge in [0.25, 0.3) is 0 Å². The average Bonchev–Trinajstić information content (AvgIpc) is 3.26. The highest BCUT2D eigenvalue weighted by atomic mass is 16.5. The zero-order chi connectivity index (χ0) is 22.0. The standard InChI is InChI=1S/C21H24N6O4/c1-14-20(22-11-25(14)2)23-12-26(13-28)10-19-24-27(21(29)31-19)17-8-16(9-17)15-4-6-18(30-3)7-5-15/h4-7,11-13,16-17H,8-10H2,1-3H3. The van der Waals surface area contributed by atoms with Gasteiger partial charge in [-0.1, -0.05) is 12.1 Å². The van der Waals surface area contributed by atoms with Crippen LogP contribution in [0.4, 0.5) is 5.82 Å². The van der Waals surface area contributed by atoms with E-state index >= 15 is 0 Å². The Kier molecular flexibility index (Phi) is 5.70. The predicted octanol–water partition coefficient (Wildman–Crippen LogP) is 2.32. The van der Waals surface area contributed by atoms with Gasteiger partial charge in [-0.3, -0.25) is 9.69 Å². The molecular weight excluding hydrogens is 400 g/mol. The van der Waals surface area contributed by atoms with Crippen LogP contribution in [0.2, 0.25) is 0 Å². The maximum Gasteiger partial charge on any atom is 0.437 e. The van der Waals surface area contributed by atoms with Crippen molar-refractivity contribution >= 4 is 18.6 Å². The zero-order valence-electron chi connectivity index (χ0n) is 17.6. The molecule has 0 atom stereocenters. The van der Waals surface area contributed by atoms with Crippen LogP contribution in [-0.4, -0.2) is 44.1 Å². The summed E-state index contributed by atoms with van der Waals surface area (Å²) in [6.07, 6.45) is 5.20. The molecule has 10 heteroatoms. The van der Waals surface area contributed by atoms with Crippen molar-refractivity contribution in [2.24, 2.45) is 12.0 Å². The van der Waals surface area contributed by atoms with Crippen LogP contribution in [0.3, 0.4) is 0 Å². The van der Waals surface area contributed by atoms with Gasteiger partial charge in [0.15, 0.2) is 5.82 Å². The smallest absolute Gasteiger partial charge is 0.437 e. The van der Waals surface area contributed by atoms with E-state index in [1.54, 1.807) is 13.4 Å². The number of hydrogen-bond acceptors (Lipinski definition) is 7. The summed E-state index contributed by atoms with van der Waals surface area (Å²) >= 11 is 0. The van der Waals surface area contributed by atoms with Crippen molar-refractivity contribution in [3.8, 4) is 5.75 Å². The van der Waals surface area contributed by atoms with Gasteiger partial charge in [0, 0.05) is 7.05 Å². The molecule has 0 saturated heterocycles. The van der Waals surface area contributed by atoms with Crippen LogP contribution in [0, 0.1) is 6.92 Å². The Morgan fingerprint density at radius 1 is 1.32 bits per heavy atom. The lowest BCUT2D eigenvalue weighted by Gasteiger charge is -2.34. The van der Waals surface area contributed by atoms with Gasteiger partial charge >= 0.3 is 5.76 Å². The molecule has 0 unspecified atom stereocenters. The molecule has 10 nitrogen and oxygen atoms in total. The molecule has 0 radical (unpaired) electrons. The molecule has 1 amide bonds. The highest BCUT2D eigenvalue weighted by Gasteiger charge is 2.34.